The average Bonchev–Trinajstić information content (AvgIpc) is 2.92. The molecule has 0 bridgehead atoms. The van der Waals surface area contributed by atoms with E-state index in [1.807, 2.05) is 0 Å². The van der Waals surface area contributed by atoms with Crippen LogP contribution in [0.1, 0.15) is 65.2 Å². The molecule has 0 aromatic heterocycles. The van der Waals surface area contributed by atoms with Crippen molar-refractivity contribution >= 4 is 11.8 Å². The molecule has 4 aliphatic carbocycles. The van der Waals surface area contributed by atoms with Crippen LogP contribution in [-0.2, 0) is 9.59 Å². The van der Waals surface area contributed by atoms with E-state index < -0.39 is 12.1 Å². The maximum Gasteiger partial charge on any atom is 0.410 e. The topological polar surface area (TPSA) is 54.4 Å². The van der Waals surface area contributed by atoms with Crippen molar-refractivity contribution in [2.24, 2.45) is 40.4 Å². The predicted octanol–water partition coefficient (Wildman–Crippen LogP) is 5.40. The molecule has 0 heterocycles. The lowest BCUT2D eigenvalue weighted by Crippen LogP contribution is -2.54. The molecular formula is C22H29F3O3. The molecule has 4 rings (SSSR count). The summed E-state index contributed by atoms with van der Waals surface area (Å²) in [7, 11) is 0. The van der Waals surface area contributed by atoms with Crippen LogP contribution in [0.15, 0.2) is 11.6 Å². The third-order valence-electron chi connectivity index (χ3n) is 9.06. The van der Waals surface area contributed by atoms with Crippen molar-refractivity contribution in [3.8, 4) is 0 Å². The molecule has 0 amide bonds. The van der Waals surface area contributed by atoms with E-state index in [1.165, 1.54) is 0 Å². The number of carboxylic acid groups (broad SMARTS) is 1. The monoisotopic (exact) mass is 398 g/mol. The molecule has 6 heteroatoms. The van der Waals surface area contributed by atoms with Gasteiger partial charge in [-0.2, -0.15) is 13.2 Å². The number of Topliss-reactive ketones (excluding diaryl/α,β-unsaturated/α-hetero) is 1. The molecule has 3 nitrogen and oxygen atoms in total. The number of carbonyl (C=O) groups excluding carboxylic acids is 1. The summed E-state index contributed by atoms with van der Waals surface area (Å²) in [5.41, 5.74) is -0.558. The summed E-state index contributed by atoms with van der Waals surface area (Å²) < 4.78 is 38.9. The molecule has 7 atom stereocenters. The molecule has 0 spiro atoms. The zero-order chi connectivity index (χ0) is 20.5. The minimum absolute atomic E-state index is 0.0601. The van der Waals surface area contributed by atoms with Crippen LogP contribution in [0.4, 0.5) is 13.2 Å². The fourth-order valence-corrected chi connectivity index (χ4v) is 7.74. The highest BCUT2D eigenvalue weighted by Crippen LogP contribution is 2.67. The van der Waals surface area contributed by atoms with Gasteiger partial charge in [0.25, 0.3) is 0 Å². The Labute approximate surface area is 163 Å². The lowest BCUT2D eigenvalue weighted by molar-refractivity contribution is -0.152. The van der Waals surface area contributed by atoms with Gasteiger partial charge >= 0.3 is 12.1 Å². The van der Waals surface area contributed by atoms with Crippen LogP contribution in [0.5, 0.6) is 0 Å². The molecule has 0 aromatic carbocycles. The van der Waals surface area contributed by atoms with Gasteiger partial charge in [-0.3, -0.25) is 9.59 Å². The van der Waals surface area contributed by atoms with Crippen LogP contribution in [0, 0.1) is 40.4 Å². The third kappa shape index (κ3) is 2.93. The third-order valence-corrected chi connectivity index (χ3v) is 9.06. The van der Waals surface area contributed by atoms with E-state index in [0.717, 1.165) is 32.1 Å². The normalized spacial score (nSPS) is 47.4. The number of hydrogen-bond donors (Lipinski definition) is 1. The quantitative estimate of drug-likeness (QED) is 0.602. The second-order valence-electron chi connectivity index (χ2n) is 10.2. The highest BCUT2D eigenvalue weighted by atomic mass is 19.4. The fourth-order valence-electron chi connectivity index (χ4n) is 7.74. The molecule has 0 saturated heterocycles. The molecule has 4 saturated carbocycles. The molecule has 0 aliphatic heterocycles. The van der Waals surface area contributed by atoms with Gasteiger partial charge in [0.2, 0.25) is 0 Å². The summed E-state index contributed by atoms with van der Waals surface area (Å²) in [4.78, 5) is 24.1. The number of ketones is 1. The van der Waals surface area contributed by atoms with E-state index in [1.54, 1.807) is 0 Å². The van der Waals surface area contributed by atoms with E-state index in [4.69, 9.17) is 0 Å². The Morgan fingerprint density at radius 1 is 1.07 bits per heavy atom. The van der Waals surface area contributed by atoms with Crippen LogP contribution < -0.4 is 0 Å². The highest BCUT2D eigenvalue weighted by Gasteiger charge is 2.61. The van der Waals surface area contributed by atoms with E-state index in [9.17, 15) is 27.9 Å². The number of carboxylic acids is 1. The highest BCUT2D eigenvalue weighted by molar-refractivity contribution is 5.96. The van der Waals surface area contributed by atoms with E-state index >= 15 is 0 Å². The standard InChI is InChI=1S/C22H29F3O3/c1-20-8-7-16-14(15(20)5-6-17(20)19(27)28)4-3-13-9-18(26)12(10-21(13,16)2)11-22(23,24)25/h11,13-17H,3-10H2,1-2H3,(H,27,28)/b12-11-/t13-,14-,15-,16-,17+,20-,21-/m0/s1. The number of aliphatic carboxylic acids is 1. The van der Waals surface area contributed by atoms with Crippen LogP contribution in [0.3, 0.4) is 0 Å². The first-order chi connectivity index (χ1) is 13.0. The molecule has 156 valence electrons. The smallest absolute Gasteiger partial charge is 0.410 e. The Morgan fingerprint density at radius 3 is 2.39 bits per heavy atom. The largest absolute Gasteiger partial charge is 0.481 e. The molecule has 4 fully saturated rings. The Kier molecular flexibility index (Phi) is 4.51. The number of rotatable bonds is 1. The average molecular weight is 398 g/mol. The Hall–Kier alpha value is -1.33. The second kappa shape index (κ2) is 6.33. The second-order valence-corrected chi connectivity index (χ2v) is 10.2. The number of allylic oxidation sites excluding steroid dienone is 2. The van der Waals surface area contributed by atoms with Crippen molar-refractivity contribution in [3.05, 3.63) is 11.6 Å². The first-order valence-electron chi connectivity index (χ1n) is 10.5. The molecule has 1 N–H and O–H groups in total. The molecular weight excluding hydrogens is 369 g/mol. The van der Waals surface area contributed by atoms with Gasteiger partial charge in [-0.25, -0.2) is 0 Å². The first-order valence-corrected chi connectivity index (χ1v) is 10.5. The minimum atomic E-state index is -4.46. The Balaban J connectivity index is 1.64. The number of fused-ring (bicyclic) bond motifs is 5. The summed E-state index contributed by atoms with van der Waals surface area (Å²) in [5, 5.41) is 9.67. The summed E-state index contributed by atoms with van der Waals surface area (Å²) in [5.74, 6) is -0.234. The Morgan fingerprint density at radius 2 is 1.75 bits per heavy atom. The van der Waals surface area contributed by atoms with Crippen LogP contribution >= 0.6 is 0 Å². The van der Waals surface area contributed by atoms with Gasteiger partial charge in [0.05, 0.1) is 5.92 Å². The minimum Gasteiger partial charge on any atom is -0.481 e. The molecule has 4 aliphatic rings. The molecule has 0 unspecified atom stereocenters. The van der Waals surface area contributed by atoms with Crippen LogP contribution in [0.2, 0.25) is 0 Å². The van der Waals surface area contributed by atoms with Gasteiger partial charge < -0.3 is 5.11 Å². The van der Waals surface area contributed by atoms with Gasteiger partial charge in [0, 0.05) is 18.1 Å². The number of carbonyl (C=O) groups is 2. The van der Waals surface area contributed by atoms with Gasteiger partial charge in [0.1, 0.15) is 0 Å². The van der Waals surface area contributed by atoms with E-state index in [0.29, 0.717) is 18.3 Å². The van der Waals surface area contributed by atoms with Crippen molar-refractivity contribution in [2.75, 3.05) is 0 Å². The van der Waals surface area contributed by atoms with Crippen molar-refractivity contribution in [2.45, 2.75) is 71.4 Å². The van der Waals surface area contributed by atoms with Crippen molar-refractivity contribution in [1.29, 1.82) is 0 Å². The molecule has 0 radical (unpaired) electrons. The van der Waals surface area contributed by atoms with Gasteiger partial charge in [-0.15, -0.1) is 0 Å². The molecule has 0 aromatic rings. The number of alkyl halides is 3. The van der Waals surface area contributed by atoms with Crippen molar-refractivity contribution in [3.63, 3.8) is 0 Å². The number of hydrogen-bond acceptors (Lipinski definition) is 2. The SMILES string of the molecule is C[C@]12C/C(=C/C(F)(F)F)C(=O)C[C@@H]1CC[C@@H]1[C@@H]2CC[C@]2(C)[C@@H](C(=O)O)CC[C@@H]12. The zero-order valence-corrected chi connectivity index (χ0v) is 16.5. The maximum absolute atomic E-state index is 13.0. The van der Waals surface area contributed by atoms with Crippen molar-refractivity contribution in [1.82, 2.24) is 0 Å². The summed E-state index contributed by atoms with van der Waals surface area (Å²) in [6, 6.07) is 0. The molecule has 28 heavy (non-hydrogen) atoms. The van der Waals surface area contributed by atoms with Gasteiger partial charge in [0.15, 0.2) is 5.78 Å². The lowest BCUT2D eigenvalue weighted by Gasteiger charge is -2.60. The summed E-state index contributed by atoms with van der Waals surface area (Å²) >= 11 is 0. The fraction of sp³-hybridized carbons (Fsp3) is 0.818. The van der Waals surface area contributed by atoms with Gasteiger partial charge in [-0.05, 0) is 79.4 Å². The van der Waals surface area contributed by atoms with E-state index in [2.05, 4.69) is 13.8 Å². The first kappa shape index (κ1) is 20.0. The van der Waals surface area contributed by atoms with Gasteiger partial charge in [-0.1, -0.05) is 13.8 Å². The lowest BCUT2D eigenvalue weighted by atomic mass is 9.44. The summed E-state index contributed by atoms with van der Waals surface area (Å²) in [6.45, 7) is 4.21. The maximum atomic E-state index is 13.0. The van der Waals surface area contributed by atoms with Crippen LogP contribution in [-0.4, -0.2) is 23.0 Å². The zero-order valence-electron chi connectivity index (χ0n) is 16.5. The Bertz CT molecular complexity index is 727. The van der Waals surface area contributed by atoms with E-state index in [-0.39, 0.29) is 58.9 Å². The number of halogens is 3. The van der Waals surface area contributed by atoms with Crippen LogP contribution in [0.25, 0.3) is 0 Å². The summed E-state index contributed by atoms with van der Waals surface area (Å²) in [6.07, 6.45) is 1.33. The van der Waals surface area contributed by atoms with Crippen molar-refractivity contribution < 1.29 is 27.9 Å². The predicted molar refractivity (Wildman–Crippen MR) is 97.4 cm³/mol.